The zero-order chi connectivity index (χ0) is 10.1. The first-order valence-electron chi connectivity index (χ1n) is 3.99. The second-order valence-electron chi connectivity index (χ2n) is 2.88. The van der Waals surface area contributed by atoms with Crippen molar-refractivity contribution in [3.63, 3.8) is 0 Å². The van der Waals surface area contributed by atoms with E-state index in [2.05, 4.69) is 38.0 Å². The lowest BCUT2D eigenvalue weighted by molar-refractivity contribution is 0.616. The van der Waals surface area contributed by atoms with E-state index < -0.39 is 0 Å². The smallest absolute Gasteiger partial charge is 0.135 e. The number of nitrogens with two attached hydrogens (primary N) is 1. The maximum absolute atomic E-state index is 5.81. The molecule has 0 radical (unpaired) electrons. The van der Waals surface area contributed by atoms with Gasteiger partial charge in [-0.15, -0.1) is 5.10 Å². The Hall–Kier alpha value is -1.12. The van der Waals surface area contributed by atoms with Gasteiger partial charge >= 0.3 is 0 Å². The Kier molecular flexibility index (Phi) is 2.40. The molecule has 2 aromatic heterocycles. The van der Waals surface area contributed by atoms with Gasteiger partial charge in [-0.25, -0.2) is 4.68 Å². The number of aromatic nitrogens is 5. The van der Waals surface area contributed by atoms with Gasteiger partial charge in [-0.2, -0.15) is 5.10 Å². The fraction of sp³-hybridized carbons (Fsp3) is 0.286. The standard InChI is InChI=1S/C7H9IN6/c1-13-5(2-10-12-13)4-14-7(9)6(8)3-11-14/h2-3H,4,9H2,1H3. The lowest BCUT2D eigenvalue weighted by Gasteiger charge is -2.03. The first kappa shape index (κ1) is 9.44. The van der Waals surface area contributed by atoms with Gasteiger partial charge in [0.2, 0.25) is 0 Å². The number of aryl methyl sites for hydroxylation is 1. The summed E-state index contributed by atoms with van der Waals surface area (Å²) in [5.74, 6) is 0.673. The summed E-state index contributed by atoms with van der Waals surface area (Å²) in [5.41, 5.74) is 6.78. The van der Waals surface area contributed by atoms with Crippen LogP contribution in [0.15, 0.2) is 12.4 Å². The molecule has 0 saturated carbocycles. The number of halogens is 1. The Balaban J connectivity index is 2.27. The van der Waals surface area contributed by atoms with E-state index in [0.29, 0.717) is 12.4 Å². The van der Waals surface area contributed by atoms with Crippen molar-refractivity contribution in [1.29, 1.82) is 0 Å². The predicted octanol–water partition coefficient (Wildman–Crippen LogP) is 0.247. The van der Waals surface area contributed by atoms with Gasteiger partial charge in [0.05, 0.1) is 28.2 Å². The average molecular weight is 304 g/mol. The van der Waals surface area contributed by atoms with Gasteiger partial charge in [0.1, 0.15) is 5.82 Å². The van der Waals surface area contributed by atoms with E-state index >= 15 is 0 Å². The Morgan fingerprint density at radius 2 is 2.29 bits per heavy atom. The molecule has 0 aliphatic carbocycles. The van der Waals surface area contributed by atoms with Gasteiger partial charge in [0, 0.05) is 7.05 Å². The van der Waals surface area contributed by atoms with Gasteiger partial charge in [-0.1, -0.05) is 5.21 Å². The molecule has 0 aromatic carbocycles. The first-order valence-corrected chi connectivity index (χ1v) is 5.06. The van der Waals surface area contributed by atoms with E-state index in [4.69, 9.17) is 5.73 Å². The topological polar surface area (TPSA) is 74.5 Å². The van der Waals surface area contributed by atoms with Crippen LogP contribution in [0, 0.1) is 3.57 Å². The highest BCUT2D eigenvalue weighted by atomic mass is 127. The van der Waals surface area contributed by atoms with Crippen LogP contribution in [0.3, 0.4) is 0 Å². The third-order valence-corrected chi connectivity index (χ3v) is 2.78. The van der Waals surface area contributed by atoms with Gasteiger partial charge in [0.25, 0.3) is 0 Å². The highest BCUT2D eigenvalue weighted by molar-refractivity contribution is 14.1. The second kappa shape index (κ2) is 3.56. The Bertz CT molecular complexity index is 445. The number of nitrogens with zero attached hydrogens (tertiary/aromatic N) is 5. The summed E-state index contributed by atoms with van der Waals surface area (Å²) in [7, 11) is 1.84. The minimum absolute atomic E-state index is 0.596. The second-order valence-corrected chi connectivity index (χ2v) is 4.05. The number of hydrogen-bond acceptors (Lipinski definition) is 4. The molecule has 0 aliphatic rings. The molecule has 0 unspecified atom stereocenters. The van der Waals surface area contributed by atoms with Crippen molar-refractivity contribution in [2.75, 3.05) is 5.73 Å². The molecular formula is C7H9IN6. The maximum Gasteiger partial charge on any atom is 0.135 e. The molecule has 7 heteroatoms. The number of anilines is 1. The van der Waals surface area contributed by atoms with Crippen LogP contribution in [-0.2, 0) is 13.6 Å². The van der Waals surface area contributed by atoms with Crippen molar-refractivity contribution in [3.05, 3.63) is 21.7 Å². The average Bonchev–Trinajstić information content (AvgIpc) is 2.68. The summed E-state index contributed by atoms with van der Waals surface area (Å²) >= 11 is 2.15. The molecule has 0 fully saturated rings. The molecule has 0 aliphatic heterocycles. The zero-order valence-electron chi connectivity index (χ0n) is 7.55. The molecule has 0 atom stereocenters. The minimum atomic E-state index is 0.596. The number of hydrogen-bond donors (Lipinski definition) is 1. The Labute approximate surface area is 94.2 Å². The number of nitrogen functional groups attached to an aromatic ring is 1. The van der Waals surface area contributed by atoms with Crippen molar-refractivity contribution in [3.8, 4) is 0 Å². The summed E-state index contributed by atoms with van der Waals surface area (Å²) in [5, 5.41) is 11.8. The van der Waals surface area contributed by atoms with Crippen LogP contribution in [0.5, 0.6) is 0 Å². The largest absolute Gasteiger partial charge is 0.383 e. The van der Waals surface area contributed by atoms with Crippen molar-refractivity contribution >= 4 is 28.4 Å². The summed E-state index contributed by atoms with van der Waals surface area (Å²) < 4.78 is 4.38. The molecule has 2 rings (SSSR count). The SMILES string of the molecule is Cn1nncc1Cn1ncc(I)c1N. The Morgan fingerprint density at radius 1 is 1.50 bits per heavy atom. The van der Waals surface area contributed by atoms with E-state index in [-0.39, 0.29) is 0 Å². The molecule has 6 nitrogen and oxygen atoms in total. The molecule has 2 N–H and O–H groups in total. The van der Waals surface area contributed by atoms with Crippen LogP contribution in [0.25, 0.3) is 0 Å². The minimum Gasteiger partial charge on any atom is -0.383 e. The van der Waals surface area contributed by atoms with Crippen molar-refractivity contribution in [2.45, 2.75) is 6.54 Å². The third-order valence-electron chi connectivity index (χ3n) is 1.95. The molecule has 0 bridgehead atoms. The molecule has 2 heterocycles. The predicted molar refractivity (Wildman–Crippen MR) is 59.5 cm³/mol. The lowest BCUT2D eigenvalue weighted by atomic mass is 10.4. The van der Waals surface area contributed by atoms with Crippen LogP contribution in [0.4, 0.5) is 5.82 Å². The van der Waals surface area contributed by atoms with E-state index in [9.17, 15) is 0 Å². The van der Waals surface area contributed by atoms with Crippen LogP contribution < -0.4 is 5.73 Å². The molecular weight excluding hydrogens is 295 g/mol. The van der Waals surface area contributed by atoms with E-state index in [1.165, 1.54) is 0 Å². The number of rotatable bonds is 2. The van der Waals surface area contributed by atoms with E-state index in [1.807, 2.05) is 7.05 Å². The highest BCUT2D eigenvalue weighted by Crippen LogP contribution is 2.14. The van der Waals surface area contributed by atoms with Gasteiger partial charge in [-0.3, -0.25) is 4.68 Å². The third kappa shape index (κ3) is 1.59. The lowest BCUT2D eigenvalue weighted by Crippen LogP contribution is -2.09. The molecule has 0 saturated heterocycles. The first-order chi connectivity index (χ1) is 6.68. The monoisotopic (exact) mass is 304 g/mol. The highest BCUT2D eigenvalue weighted by Gasteiger charge is 2.07. The van der Waals surface area contributed by atoms with Crippen molar-refractivity contribution in [1.82, 2.24) is 24.8 Å². The van der Waals surface area contributed by atoms with Crippen LogP contribution in [0.2, 0.25) is 0 Å². The van der Waals surface area contributed by atoms with E-state index in [0.717, 1.165) is 9.26 Å². The Morgan fingerprint density at radius 3 is 2.79 bits per heavy atom. The summed E-state index contributed by atoms with van der Waals surface area (Å²) in [4.78, 5) is 0. The van der Waals surface area contributed by atoms with Crippen LogP contribution in [0.1, 0.15) is 5.69 Å². The molecule has 2 aromatic rings. The summed E-state index contributed by atoms with van der Waals surface area (Å²) in [6.07, 6.45) is 3.44. The maximum atomic E-state index is 5.81. The quantitative estimate of drug-likeness (QED) is 0.807. The fourth-order valence-corrected chi connectivity index (χ4v) is 1.51. The molecule has 74 valence electrons. The van der Waals surface area contributed by atoms with Crippen LogP contribution in [-0.4, -0.2) is 24.8 Å². The zero-order valence-corrected chi connectivity index (χ0v) is 9.71. The summed E-state index contributed by atoms with van der Waals surface area (Å²) in [6, 6.07) is 0. The van der Waals surface area contributed by atoms with Gasteiger partial charge < -0.3 is 5.73 Å². The normalized spacial score (nSPS) is 10.7. The van der Waals surface area contributed by atoms with Gasteiger partial charge in [-0.05, 0) is 22.6 Å². The van der Waals surface area contributed by atoms with Crippen molar-refractivity contribution in [2.24, 2.45) is 7.05 Å². The molecule has 0 spiro atoms. The van der Waals surface area contributed by atoms with Crippen LogP contribution >= 0.6 is 22.6 Å². The molecule has 0 amide bonds. The summed E-state index contributed by atoms with van der Waals surface area (Å²) in [6.45, 7) is 0.596. The molecule has 14 heavy (non-hydrogen) atoms. The van der Waals surface area contributed by atoms with Gasteiger partial charge in [0.15, 0.2) is 0 Å². The fourth-order valence-electron chi connectivity index (χ4n) is 1.11. The van der Waals surface area contributed by atoms with Crippen molar-refractivity contribution < 1.29 is 0 Å². The van der Waals surface area contributed by atoms with E-state index in [1.54, 1.807) is 21.8 Å².